The minimum atomic E-state index is -0.117. The van der Waals surface area contributed by atoms with Gasteiger partial charge in [0, 0.05) is 0 Å². The van der Waals surface area contributed by atoms with Gasteiger partial charge in [0.05, 0.1) is 11.8 Å². The molecule has 2 rings (SSSR count). The zero-order chi connectivity index (χ0) is 15.2. The van der Waals surface area contributed by atoms with Crippen LogP contribution in [0, 0.1) is 0 Å². The Kier molecular flexibility index (Phi) is 4.94. The van der Waals surface area contributed by atoms with E-state index in [4.69, 9.17) is 11.5 Å². The van der Waals surface area contributed by atoms with Crippen LogP contribution in [0.4, 0.5) is 11.9 Å². The first-order valence-corrected chi connectivity index (χ1v) is 7.27. The fourth-order valence-electron chi connectivity index (χ4n) is 1.69. The van der Waals surface area contributed by atoms with E-state index in [0.717, 1.165) is 17.3 Å². The van der Waals surface area contributed by atoms with Gasteiger partial charge in [-0.25, -0.2) is 0 Å². The van der Waals surface area contributed by atoms with Crippen LogP contribution in [0.15, 0.2) is 35.5 Å². The molecule has 8 heteroatoms. The first kappa shape index (κ1) is 15.0. The lowest BCUT2D eigenvalue weighted by molar-refractivity contribution is -0.119. The van der Waals surface area contributed by atoms with Crippen molar-refractivity contribution in [2.75, 3.05) is 17.2 Å². The molecule has 0 bridgehead atoms. The lowest BCUT2D eigenvalue weighted by Gasteiger charge is -2.13. The van der Waals surface area contributed by atoms with E-state index in [1.54, 1.807) is 0 Å². The maximum Gasteiger partial charge on any atom is 0.230 e. The Morgan fingerprint density at radius 2 is 1.81 bits per heavy atom. The van der Waals surface area contributed by atoms with Crippen LogP contribution in [0.3, 0.4) is 0 Å². The first-order valence-electron chi connectivity index (χ1n) is 6.28. The SMILES string of the molecule is C[C@H](NC(=O)CSc1nc(N)nc(N)n1)c1ccccc1. The molecule has 0 aliphatic carbocycles. The van der Waals surface area contributed by atoms with Crippen LogP contribution in [0.2, 0.25) is 0 Å². The molecule has 0 aliphatic heterocycles. The predicted octanol–water partition coefficient (Wildman–Crippen LogP) is 1.01. The number of hydrogen-bond acceptors (Lipinski definition) is 7. The number of amides is 1. The Hall–Kier alpha value is -2.35. The van der Waals surface area contributed by atoms with Crippen molar-refractivity contribution >= 4 is 29.6 Å². The predicted molar refractivity (Wildman–Crippen MR) is 82.4 cm³/mol. The number of nitrogens with two attached hydrogens (primary N) is 2. The number of benzene rings is 1. The molecule has 0 saturated carbocycles. The Bertz CT molecular complexity index is 601. The van der Waals surface area contributed by atoms with E-state index >= 15 is 0 Å². The second-order valence-electron chi connectivity index (χ2n) is 4.32. The summed E-state index contributed by atoms with van der Waals surface area (Å²) in [6.45, 7) is 1.93. The maximum atomic E-state index is 11.9. The van der Waals surface area contributed by atoms with E-state index < -0.39 is 0 Å². The number of carbonyl (C=O) groups is 1. The molecule has 21 heavy (non-hydrogen) atoms. The van der Waals surface area contributed by atoms with Gasteiger partial charge in [0.1, 0.15) is 0 Å². The molecule has 1 heterocycles. The number of carbonyl (C=O) groups excluding carboxylic acids is 1. The van der Waals surface area contributed by atoms with Crippen molar-refractivity contribution < 1.29 is 4.79 Å². The molecular weight excluding hydrogens is 288 g/mol. The third-order valence-corrected chi connectivity index (χ3v) is 3.51. The molecule has 0 aliphatic rings. The first-order chi connectivity index (χ1) is 10.0. The van der Waals surface area contributed by atoms with Crippen molar-refractivity contribution in [3.05, 3.63) is 35.9 Å². The summed E-state index contributed by atoms with van der Waals surface area (Å²) in [5, 5.41) is 3.24. The van der Waals surface area contributed by atoms with Gasteiger partial charge < -0.3 is 16.8 Å². The second kappa shape index (κ2) is 6.89. The third-order valence-electron chi connectivity index (χ3n) is 2.66. The number of anilines is 2. The van der Waals surface area contributed by atoms with Crippen LogP contribution in [-0.4, -0.2) is 26.6 Å². The highest BCUT2D eigenvalue weighted by molar-refractivity contribution is 7.99. The molecule has 0 unspecified atom stereocenters. The average molecular weight is 304 g/mol. The largest absolute Gasteiger partial charge is 0.368 e. The Balaban J connectivity index is 1.87. The summed E-state index contributed by atoms with van der Waals surface area (Å²) in [4.78, 5) is 23.4. The van der Waals surface area contributed by atoms with Gasteiger partial charge in [-0.15, -0.1) is 0 Å². The second-order valence-corrected chi connectivity index (χ2v) is 5.27. The van der Waals surface area contributed by atoms with Gasteiger partial charge in [-0.3, -0.25) is 4.79 Å². The molecule has 7 nitrogen and oxygen atoms in total. The van der Waals surface area contributed by atoms with Crippen molar-refractivity contribution in [2.45, 2.75) is 18.1 Å². The molecule has 1 atom stereocenters. The number of nitrogens with zero attached hydrogens (tertiary/aromatic N) is 3. The van der Waals surface area contributed by atoms with E-state index in [9.17, 15) is 4.79 Å². The summed E-state index contributed by atoms with van der Waals surface area (Å²) < 4.78 is 0. The monoisotopic (exact) mass is 304 g/mol. The van der Waals surface area contributed by atoms with E-state index in [-0.39, 0.29) is 29.6 Å². The lowest BCUT2D eigenvalue weighted by Crippen LogP contribution is -2.28. The van der Waals surface area contributed by atoms with Gasteiger partial charge >= 0.3 is 0 Å². The third kappa shape index (κ3) is 4.60. The van der Waals surface area contributed by atoms with Gasteiger partial charge in [-0.2, -0.15) is 15.0 Å². The average Bonchev–Trinajstić information content (AvgIpc) is 2.45. The zero-order valence-electron chi connectivity index (χ0n) is 11.5. The number of hydrogen-bond donors (Lipinski definition) is 3. The fourth-order valence-corrected chi connectivity index (χ4v) is 2.35. The highest BCUT2D eigenvalue weighted by Gasteiger charge is 2.11. The highest BCUT2D eigenvalue weighted by atomic mass is 32.2. The van der Waals surface area contributed by atoms with Crippen LogP contribution in [0.1, 0.15) is 18.5 Å². The molecule has 0 saturated heterocycles. The smallest absolute Gasteiger partial charge is 0.230 e. The topological polar surface area (TPSA) is 120 Å². The van der Waals surface area contributed by atoms with Crippen molar-refractivity contribution in [2.24, 2.45) is 0 Å². The molecule has 0 radical (unpaired) electrons. The molecule has 5 N–H and O–H groups in total. The molecule has 2 aromatic rings. The van der Waals surface area contributed by atoms with Crippen LogP contribution < -0.4 is 16.8 Å². The van der Waals surface area contributed by atoms with Crippen molar-refractivity contribution in [1.82, 2.24) is 20.3 Å². The van der Waals surface area contributed by atoms with Gasteiger partial charge in [-0.05, 0) is 12.5 Å². The van der Waals surface area contributed by atoms with Crippen molar-refractivity contribution in [1.29, 1.82) is 0 Å². The minimum Gasteiger partial charge on any atom is -0.368 e. The highest BCUT2D eigenvalue weighted by Crippen LogP contribution is 2.15. The van der Waals surface area contributed by atoms with E-state index in [2.05, 4.69) is 20.3 Å². The molecule has 1 amide bonds. The van der Waals surface area contributed by atoms with Crippen molar-refractivity contribution in [3.8, 4) is 0 Å². The summed E-state index contributed by atoms with van der Waals surface area (Å²) in [5.41, 5.74) is 12.0. The summed E-state index contributed by atoms with van der Waals surface area (Å²) in [7, 11) is 0. The summed E-state index contributed by atoms with van der Waals surface area (Å²) in [5.74, 6) is 0.153. The lowest BCUT2D eigenvalue weighted by atomic mass is 10.1. The molecule has 110 valence electrons. The summed E-state index contributed by atoms with van der Waals surface area (Å²) in [6, 6.07) is 9.67. The van der Waals surface area contributed by atoms with E-state index in [1.807, 2.05) is 37.3 Å². The number of thioether (sulfide) groups is 1. The van der Waals surface area contributed by atoms with Gasteiger partial charge in [-0.1, -0.05) is 42.1 Å². The molecule has 1 aromatic heterocycles. The van der Waals surface area contributed by atoms with Gasteiger partial charge in [0.2, 0.25) is 17.8 Å². The molecule has 1 aromatic carbocycles. The number of nitrogen functional groups attached to an aromatic ring is 2. The van der Waals surface area contributed by atoms with Crippen molar-refractivity contribution in [3.63, 3.8) is 0 Å². The normalized spacial score (nSPS) is 11.9. The Morgan fingerprint density at radius 3 is 2.43 bits per heavy atom. The van der Waals surface area contributed by atoms with Crippen LogP contribution in [0.5, 0.6) is 0 Å². The van der Waals surface area contributed by atoms with Crippen LogP contribution >= 0.6 is 11.8 Å². The Labute approximate surface area is 126 Å². The standard InChI is InChI=1S/C13H16N6OS/c1-8(9-5-3-2-4-6-9)16-10(20)7-21-13-18-11(14)17-12(15)19-13/h2-6,8H,7H2,1H3,(H,16,20)(H4,14,15,17,18,19)/t8-/m0/s1. The fraction of sp³-hybridized carbons (Fsp3) is 0.231. The summed E-state index contributed by atoms with van der Waals surface area (Å²) >= 11 is 1.16. The minimum absolute atomic E-state index is 0.0445. The van der Waals surface area contributed by atoms with Gasteiger partial charge in [0.15, 0.2) is 5.16 Å². The quantitative estimate of drug-likeness (QED) is 0.705. The maximum absolute atomic E-state index is 11.9. The summed E-state index contributed by atoms with van der Waals surface area (Å²) in [6.07, 6.45) is 0. The molecule has 0 spiro atoms. The van der Waals surface area contributed by atoms with Crippen LogP contribution in [0.25, 0.3) is 0 Å². The van der Waals surface area contributed by atoms with Gasteiger partial charge in [0.25, 0.3) is 0 Å². The molecular formula is C13H16N6OS. The number of aromatic nitrogens is 3. The van der Waals surface area contributed by atoms with E-state index in [1.165, 1.54) is 0 Å². The number of rotatable bonds is 5. The number of nitrogens with one attached hydrogen (secondary N) is 1. The van der Waals surface area contributed by atoms with E-state index in [0.29, 0.717) is 5.16 Å². The van der Waals surface area contributed by atoms with Crippen LogP contribution in [-0.2, 0) is 4.79 Å². The zero-order valence-corrected chi connectivity index (χ0v) is 12.3. The molecule has 0 fully saturated rings. The Morgan fingerprint density at radius 1 is 1.19 bits per heavy atom.